The molecule has 0 saturated heterocycles. The fraction of sp³-hybridized carbons (Fsp3) is 0.533. The molecule has 1 aromatic carbocycles. The molecule has 19 heavy (non-hydrogen) atoms. The topological polar surface area (TPSA) is 29.5 Å². The average Bonchev–Trinajstić information content (AvgIpc) is 2.36. The molecule has 3 nitrogen and oxygen atoms in total. The second kappa shape index (κ2) is 6.66. The molecule has 0 aliphatic heterocycles. The second-order valence-corrected chi connectivity index (χ2v) is 5.08. The Hall–Kier alpha value is -1.42. The Bertz CT molecular complexity index is 432. The van der Waals surface area contributed by atoms with Crippen LogP contribution in [0.15, 0.2) is 24.3 Å². The second-order valence-electron chi connectivity index (χ2n) is 5.08. The highest BCUT2D eigenvalue weighted by Crippen LogP contribution is 2.15. The van der Waals surface area contributed by atoms with Gasteiger partial charge in [0.15, 0.2) is 0 Å². The Morgan fingerprint density at radius 2 is 2.11 bits per heavy atom. The summed E-state index contributed by atoms with van der Waals surface area (Å²) in [5.74, 6) is -0.471. The smallest absolute Gasteiger partial charge is 0.325 e. The molecular weight excluding hydrogens is 245 g/mol. The number of benzene rings is 1. The Morgan fingerprint density at radius 1 is 1.42 bits per heavy atom. The molecule has 0 unspecified atom stereocenters. The minimum Gasteiger partial charge on any atom is -0.465 e. The molecule has 106 valence electrons. The molecule has 0 atom stereocenters. The Morgan fingerprint density at radius 3 is 2.68 bits per heavy atom. The number of rotatable bonds is 6. The van der Waals surface area contributed by atoms with Crippen LogP contribution in [-0.2, 0) is 16.0 Å². The van der Waals surface area contributed by atoms with E-state index in [0.29, 0.717) is 19.6 Å². The summed E-state index contributed by atoms with van der Waals surface area (Å²) in [4.78, 5) is 13.8. The maximum Gasteiger partial charge on any atom is 0.325 e. The number of likely N-dealkylation sites (N-methyl/N-ethyl adjacent to an activating group) is 1. The van der Waals surface area contributed by atoms with Gasteiger partial charge in [-0.3, -0.25) is 9.69 Å². The highest BCUT2D eigenvalue weighted by molar-refractivity contribution is 5.79. The highest BCUT2D eigenvalue weighted by Gasteiger charge is 2.33. The van der Waals surface area contributed by atoms with Gasteiger partial charge in [-0.1, -0.05) is 12.1 Å². The SMILES string of the molecule is CCOC(=O)C(C)(C)N(C)CCc1cccc(F)c1. The molecule has 0 N–H and O–H groups in total. The first-order valence-corrected chi connectivity index (χ1v) is 6.50. The molecule has 0 aliphatic carbocycles. The summed E-state index contributed by atoms with van der Waals surface area (Å²) in [6.45, 7) is 6.49. The summed E-state index contributed by atoms with van der Waals surface area (Å²) in [6, 6.07) is 6.52. The van der Waals surface area contributed by atoms with Crippen molar-refractivity contribution in [2.75, 3.05) is 20.2 Å². The van der Waals surface area contributed by atoms with Gasteiger partial charge in [-0.05, 0) is 51.9 Å². The molecule has 0 saturated carbocycles. The number of hydrogen-bond donors (Lipinski definition) is 0. The third kappa shape index (κ3) is 4.31. The quantitative estimate of drug-likeness (QED) is 0.742. The van der Waals surface area contributed by atoms with Crippen molar-refractivity contribution in [1.29, 1.82) is 0 Å². The monoisotopic (exact) mass is 267 g/mol. The molecular formula is C15H22FNO2. The van der Waals surface area contributed by atoms with Gasteiger partial charge in [-0.2, -0.15) is 0 Å². The molecule has 0 radical (unpaired) electrons. The van der Waals surface area contributed by atoms with Gasteiger partial charge in [0.05, 0.1) is 6.61 Å². The van der Waals surface area contributed by atoms with E-state index >= 15 is 0 Å². The van der Waals surface area contributed by atoms with Crippen LogP contribution < -0.4 is 0 Å². The van der Waals surface area contributed by atoms with Crippen LogP contribution in [-0.4, -0.2) is 36.6 Å². The molecule has 0 spiro atoms. The maximum atomic E-state index is 13.1. The lowest BCUT2D eigenvalue weighted by molar-refractivity contribution is -0.154. The number of halogens is 1. The Kier molecular flexibility index (Phi) is 5.48. The van der Waals surface area contributed by atoms with E-state index in [9.17, 15) is 9.18 Å². The minimum atomic E-state index is -0.677. The standard InChI is InChI=1S/C15H22FNO2/c1-5-19-14(18)15(2,3)17(4)10-9-12-7-6-8-13(16)11-12/h6-8,11H,5,9-10H2,1-4H3. The third-order valence-electron chi connectivity index (χ3n) is 3.35. The number of carbonyl (C=O) groups excluding carboxylic acids is 1. The first-order valence-electron chi connectivity index (χ1n) is 6.50. The zero-order valence-electron chi connectivity index (χ0n) is 12.1. The maximum absolute atomic E-state index is 13.1. The van der Waals surface area contributed by atoms with Crippen LogP contribution in [0.25, 0.3) is 0 Å². The van der Waals surface area contributed by atoms with Crippen molar-refractivity contribution in [2.24, 2.45) is 0 Å². The molecule has 0 heterocycles. The lowest BCUT2D eigenvalue weighted by atomic mass is 10.0. The van der Waals surface area contributed by atoms with Crippen LogP contribution in [0.1, 0.15) is 26.3 Å². The Labute approximate surface area is 114 Å². The highest BCUT2D eigenvalue weighted by atomic mass is 19.1. The molecule has 0 fully saturated rings. The number of nitrogens with zero attached hydrogens (tertiary/aromatic N) is 1. The fourth-order valence-corrected chi connectivity index (χ4v) is 1.73. The van der Waals surface area contributed by atoms with Crippen LogP contribution in [0.5, 0.6) is 0 Å². The normalized spacial score (nSPS) is 11.7. The van der Waals surface area contributed by atoms with Crippen molar-refractivity contribution in [3.05, 3.63) is 35.6 Å². The van der Waals surface area contributed by atoms with Gasteiger partial charge in [0.25, 0.3) is 0 Å². The summed E-state index contributed by atoms with van der Waals surface area (Å²) in [7, 11) is 1.87. The van der Waals surface area contributed by atoms with Crippen LogP contribution in [0.2, 0.25) is 0 Å². The van der Waals surface area contributed by atoms with E-state index in [2.05, 4.69) is 0 Å². The van der Waals surface area contributed by atoms with Crippen LogP contribution >= 0.6 is 0 Å². The summed E-state index contributed by atoms with van der Waals surface area (Å²) in [5.41, 5.74) is 0.245. The predicted molar refractivity (Wildman–Crippen MR) is 73.4 cm³/mol. The molecule has 1 rings (SSSR count). The molecule has 4 heteroatoms. The van der Waals surface area contributed by atoms with E-state index < -0.39 is 5.54 Å². The van der Waals surface area contributed by atoms with Crippen molar-refractivity contribution in [1.82, 2.24) is 4.90 Å². The van der Waals surface area contributed by atoms with Crippen molar-refractivity contribution in [3.8, 4) is 0 Å². The lowest BCUT2D eigenvalue weighted by Gasteiger charge is -2.33. The molecule has 0 aromatic heterocycles. The summed E-state index contributed by atoms with van der Waals surface area (Å²) in [6.07, 6.45) is 0.692. The van der Waals surface area contributed by atoms with Gasteiger partial charge >= 0.3 is 5.97 Å². The minimum absolute atomic E-state index is 0.232. The van der Waals surface area contributed by atoms with E-state index in [1.807, 2.05) is 31.9 Å². The number of carbonyl (C=O) groups is 1. The van der Waals surface area contributed by atoms with E-state index in [1.165, 1.54) is 12.1 Å². The van der Waals surface area contributed by atoms with Crippen molar-refractivity contribution < 1.29 is 13.9 Å². The first kappa shape index (κ1) is 15.6. The third-order valence-corrected chi connectivity index (χ3v) is 3.35. The summed E-state index contributed by atoms with van der Waals surface area (Å²) >= 11 is 0. The fourth-order valence-electron chi connectivity index (χ4n) is 1.73. The van der Waals surface area contributed by atoms with Crippen LogP contribution in [0.3, 0.4) is 0 Å². The average molecular weight is 267 g/mol. The largest absolute Gasteiger partial charge is 0.465 e. The van der Waals surface area contributed by atoms with E-state index in [1.54, 1.807) is 13.0 Å². The first-order chi connectivity index (χ1) is 8.87. The zero-order valence-corrected chi connectivity index (χ0v) is 12.1. The molecule has 1 aromatic rings. The van der Waals surface area contributed by atoms with Crippen molar-refractivity contribution in [3.63, 3.8) is 0 Å². The van der Waals surface area contributed by atoms with Gasteiger partial charge in [0.2, 0.25) is 0 Å². The molecule has 0 amide bonds. The predicted octanol–water partition coefficient (Wildman–Crippen LogP) is 2.64. The van der Waals surface area contributed by atoms with Gasteiger partial charge in [0, 0.05) is 6.54 Å². The zero-order chi connectivity index (χ0) is 14.5. The van der Waals surface area contributed by atoms with Crippen LogP contribution in [0.4, 0.5) is 4.39 Å². The van der Waals surface area contributed by atoms with Gasteiger partial charge in [0.1, 0.15) is 11.4 Å². The van der Waals surface area contributed by atoms with Gasteiger partial charge in [-0.15, -0.1) is 0 Å². The van der Waals surface area contributed by atoms with Crippen molar-refractivity contribution in [2.45, 2.75) is 32.7 Å². The summed E-state index contributed by atoms with van der Waals surface area (Å²) in [5, 5.41) is 0. The van der Waals surface area contributed by atoms with E-state index in [0.717, 1.165) is 5.56 Å². The molecule has 0 bridgehead atoms. The van der Waals surface area contributed by atoms with E-state index in [4.69, 9.17) is 4.74 Å². The summed E-state index contributed by atoms with van der Waals surface area (Å²) < 4.78 is 18.1. The lowest BCUT2D eigenvalue weighted by Crippen LogP contribution is -2.49. The van der Waals surface area contributed by atoms with Gasteiger partial charge in [-0.25, -0.2) is 4.39 Å². The Balaban J connectivity index is 2.59. The van der Waals surface area contributed by atoms with Crippen LogP contribution in [0, 0.1) is 5.82 Å². The van der Waals surface area contributed by atoms with Gasteiger partial charge < -0.3 is 4.74 Å². The molecule has 0 aliphatic rings. The van der Waals surface area contributed by atoms with Crippen molar-refractivity contribution >= 4 is 5.97 Å². The number of esters is 1. The number of hydrogen-bond acceptors (Lipinski definition) is 3. The number of ether oxygens (including phenoxy) is 1. The van der Waals surface area contributed by atoms with E-state index in [-0.39, 0.29) is 11.8 Å².